The highest BCUT2D eigenvalue weighted by Crippen LogP contribution is 2.45. The van der Waals surface area contributed by atoms with E-state index >= 15 is 0 Å². The van der Waals surface area contributed by atoms with Gasteiger partial charge in [-0.2, -0.15) is 0 Å². The van der Waals surface area contributed by atoms with Crippen molar-refractivity contribution in [3.05, 3.63) is 0 Å². The highest BCUT2D eigenvalue weighted by Gasteiger charge is 2.30. The van der Waals surface area contributed by atoms with Crippen LogP contribution in [-0.2, 0) is 65.4 Å². The van der Waals surface area contributed by atoms with Crippen LogP contribution in [0.5, 0.6) is 0 Å². The van der Waals surface area contributed by atoms with Gasteiger partial charge >= 0.3 is 39.5 Å². The Morgan fingerprint density at radius 2 is 0.442 bits per heavy atom. The molecule has 2 unspecified atom stereocenters. The topological polar surface area (TPSA) is 237 Å². The summed E-state index contributed by atoms with van der Waals surface area (Å²) in [6.45, 7) is 7.32. The van der Waals surface area contributed by atoms with Gasteiger partial charge in [0, 0.05) is 25.7 Å². The summed E-state index contributed by atoms with van der Waals surface area (Å²) in [5.41, 5.74) is 0. The molecule has 618 valence electrons. The maximum atomic E-state index is 13.1. The number of rotatable bonds is 85. The Balaban J connectivity index is 5.22. The van der Waals surface area contributed by atoms with Crippen LogP contribution in [0.3, 0.4) is 0 Å². The molecule has 17 nitrogen and oxygen atoms in total. The van der Waals surface area contributed by atoms with E-state index in [0.29, 0.717) is 25.7 Å². The number of hydrogen-bond donors (Lipinski definition) is 3. The predicted molar refractivity (Wildman–Crippen MR) is 428 cm³/mol. The zero-order valence-electron chi connectivity index (χ0n) is 68.2. The molecule has 0 radical (unpaired) electrons. The van der Waals surface area contributed by atoms with Crippen molar-refractivity contribution >= 4 is 39.5 Å². The number of hydrogen-bond acceptors (Lipinski definition) is 15. The first-order valence-corrected chi connectivity index (χ1v) is 47.1. The highest BCUT2D eigenvalue weighted by molar-refractivity contribution is 7.47. The van der Waals surface area contributed by atoms with Crippen LogP contribution < -0.4 is 0 Å². The molecule has 0 saturated heterocycles. The largest absolute Gasteiger partial charge is 0.472 e. The summed E-state index contributed by atoms with van der Waals surface area (Å²) in [6, 6.07) is 0. The number of phosphoric ester groups is 2. The second-order valence-electron chi connectivity index (χ2n) is 31.1. The lowest BCUT2D eigenvalue weighted by Gasteiger charge is -2.21. The van der Waals surface area contributed by atoms with Gasteiger partial charge in [0.15, 0.2) is 12.2 Å². The first kappa shape index (κ1) is 102. The van der Waals surface area contributed by atoms with Gasteiger partial charge in [0.2, 0.25) is 0 Å². The van der Waals surface area contributed by atoms with Gasteiger partial charge in [-0.05, 0) is 31.6 Å². The van der Waals surface area contributed by atoms with Crippen molar-refractivity contribution in [1.82, 2.24) is 0 Å². The Kier molecular flexibility index (Phi) is 76.3. The summed E-state index contributed by atoms with van der Waals surface area (Å²) in [5, 5.41) is 10.7. The van der Waals surface area contributed by atoms with Gasteiger partial charge in [0.25, 0.3) is 0 Å². The summed E-state index contributed by atoms with van der Waals surface area (Å²) in [5.74, 6) is -1.38. The number of aliphatic hydroxyl groups excluding tert-OH is 1. The molecule has 0 aromatic carbocycles. The average Bonchev–Trinajstić information content (AvgIpc) is 0.907. The first-order valence-electron chi connectivity index (χ1n) is 44.1. The lowest BCUT2D eigenvalue weighted by atomic mass is 10.0. The summed E-state index contributed by atoms with van der Waals surface area (Å²) in [4.78, 5) is 73.2. The summed E-state index contributed by atoms with van der Waals surface area (Å²) < 4.78 is 68.8. The van der Waals surface area contributed by atoms with Gasteiger partial charge < -0.3 is 33.8 Å². The molecule has 0 rings (SSSR count). The van der Waals surface area contributed by atoms with Crippen molar-refractivity contribution in [2.45, 2.75) is 477 Å². The third kappa shape index (κ3) is 78.2. The number of phosphoric acid groups is 2. The smallest absolute Gasteiger partial charge is 0.462 e. The van der Waals surface area contributed by atoms with E-state index in [9.17, 15) is 43.2 Å². The van der Waals surface area contributed by atoms with E-state index in [1.165, 1.54) is 283 Å². The second-order valence-corrected chi connectivity index (χ2v) is 34.0. The number of carbonyl (C=O) groups excluding carboxylic acids is 4. The molecule has 0 aliphatic carbocycles. The fraction of sp³-hybridized carbons (Fsp3) is 0.953. The number of unbranched alkanes of at least 4 members (excludes halogenated alkanes) is 57. The van der Waals surface area contributed by atoms with Gasteiger partial charge in [-0.25, -0.2) is 9.13 Å². The quantitative estimate of drug-likeness (QED) is 0.0222. The molecule has 0 amide bonds. The zero-order chi connectivity index (χ0) is 76.2. The summed E-state index contributed by atoms with van der Waals surface area (Å²) in [6.07, 6.45) is 70.9. The molecule has 3 N–H and O–H groups in total. The number of carbonyl (C=O) groups is 4. The van der Waals surface area contributed by atoms with E-state index in [4.69, 9.17) is 37.0 Å². The molecule has 0 saturated carbocycles. The lowest BCUT2D eigenvalue weighted by molar-refractivity contribution is -0.161. The molecule has 0 heterocycles. The van der Waals surface area contributed by atoms with Gasteiger partial charge in [-0.3, -0.25) is 37.3 Å². The fourth-order valence-electron chi connectivity index (χ4n) is 13.3. The van der Waals surface area contributed by atoms with Gasteiger partial charge in [0.05, 0.1) is 26.4 Å². The van der Waals surface area contributed by atoms with E-state index in [1.54, 1.807) is 0 Å². The minimum absolute atomic E-state index is 0.108. The maximum absolute atomic E-state index is 13.1. The summed E-state index contributed by atoms with van der Waals surface area (Å²) >= 11 is 0. The van der Waals surface area contributed by atoms with Crippen LogP contribution >= 0.6 is 15.6 Å². The number of aliphatic hydroxyl groups is 1. The van der Waals surface area contributed by atoms with Gasteiger partial charge in [-0.1, -0.05) is 407 Å². The SMILES string of the molecule is CCCCCCCCCCCCCCCCCCCCCCC(=O)OC[C@H](COP(=O)(O)OC[C@@H](O)COP(=O)(O)OC[C@@H](COC(=O)CCCCCCCCCCC(C)C)OC(=O)CCCCCCCCCCCCCCC)OC(=O)CCCCCCCCCCCCCCCCCCCCCC. The molecule has 0 aliphatic rings. The molecule has 0 aromatic rings. The minimum Gasteiger partial charge on any atom is -0.462 e. The fourth-order valence-corrected chi connectivity index (χ4v) is 14.9. The van der Waals surface area contributed by atoms with Crippen molar-refractivity contribution in [1.29, 1.82) is 0 Å². The van der Waals surface area contributed by atoms with Crippen LogP contribution in [-0.4, -0.2) is 96.7 Å². The molecule has 0 aromatic heterocycles. The van der Waals surface area contributed by atoms with Crippen molar-refractivity contribution < 1.29 is 80.2 Å². The van der Waals surface area contributed by atoms with Gasteiger partial charge in [0.1, 0.15) is 19.3 Å². The highest BCUT2D eigenvalue weighted by atomic mass is 31.2. The monoisotopic (exact) mass is 1520 g/mol. The van der Waals surface area contributed by atoms with Gasteiger partial charge in [-0.15, -0.1) is 0 Å². The molecule has 5 atom stereocenters. The lowest BCUT2D eigenvalue weighted by Crippen LogP contribution is -2.30. The van der Waals surface area contributed by atoms with Crippen molar-refractivity contribution in [2.75, 3.05) is 39.6 Å². The Morgan fingerprint density at radius 3 is 0.654 bits per heavy atom. The third-order valence-electron chi connectivity index (χ3n) is 20.0. The van der Waals surface area contributed by atoms with E-state index in [2.05, 4.69) is 34.6 Å². The van der Waals surface area contributed by atoms with Crippen LogP contribution in [0, 0.1) is 5.92 Å². The molecular weight excluding hydrogens is 1350 g/mol. The molecular formula is C85H166O17P2. The predicted octanol–water partition coefficient (Wildman–Crippen LogP) is 26.0. The van der Waals surface area contributed by atoms with Crippen LogP contribution in [0.4, 0.5) is 0 Å². The van der Waals surface area contributed by atoms with E-state index in [0.717, 1.165) is 95.8 Å². The van der Waals surface area contributed by atoms with Crippen LogP contribution in [0.1, 0.15) is 458 Å². The van der Waals surface area contributed by atoms with Crippen molar-refractivity contribution in [3.8, 4) is 0 Å². The maximum Gasteiger partial charge on any atom is 0.472 e. The Morgan fingerprint density at radius 1 is 0.260 bits per heavy atom. The summed E-state index contributed by atoms with van der Waals surface area (Å²) in [7, 11) is -9.92. The zero-order valence-corrected chi connectivity index (χ0v) is 70.0. The Bertz CT molecular complexity index is 1980. The molecule has 104 heavy (non-hydrogen) atoms. The Hall–Kier alpha value is -1.94. The third-order valence-corrected chi connectivity index (χ3v) is 21.9. The van der Waals surface area contributed by atoms with E-state index in [1.807, 2.05) is 0 Å². The number of esters is 4. The number of ether oxygens (including phenoxy) is 4. The molecule has 0 bridgehead atoms. The molecule has 0 spiro atoms. The first-order chi connectivity index (χ1) is 50.5. The molecule has 0 fully saturated rings. The normalized spacial score (nSPS) is 13.8. The average molecular weight is 1520 g/mol. The van der Waals surface area contributed by atoms with Crippen molar-refractivity contribution in [3.63, 3.8) is 0 Å². The molecule has 19 heteroatoms. The molecule has 0 aliphatic heterocycles. The van der Waals surface area contributed by atoms with E-state index < -0.39 is 97.5 Å². The minimum atomic E-state index is -4.96. The van der Waals surface area contributed by atoms with Crippen LogP contribution in [0.2, 0.25) is 0 Å². The van der Waals surface area contributed by atoms with Crippen LogP contribution in [0.15, 0.2) is 0 Å². The Labute approximate surface area is 638 Å². The second kappa shape index (κ2) is 77.8. The van der Waals surface area contributed by atoms with Crippen molar-refractivity contribution in [2.24, 2.45) is 5.92 Å². The van der Waals surface area contributed by atoms with Crippen LogP contribution in [0.25, 0.3) is 0 Å². The standard InChI is InChI=1S/C85H166O17P2/c1-6-9-12-15-18-21-24-27-29-31-33-35-37-39-42-44-47-53-58-63-68-82(87)95-74-80(101-85(90)71-66-61-56-49-46-43-40-38-36-34-32-30-28-25-22-19-16-13-10-7-2)76-99-103(91,92)97-72-79(86)73-98-104(93,94)100-77-81(75-96-83(88)69-64-59-54-51-50-52-57-62-67-78(4)5)102-84(89)70-65-60-55-48-45-41-26-23-20-17-14-11-8-3/h78-81,86H,6-77H2,1-5H3,(H,91,92)(H,93,94)/t79-,80-,81-/m1/s1. The van der Waals surface area contributed by atoms with E-state index in [-0.39, 0.29) is 25.7 Å².